The van der Waals surface area contributed by atoms with Crippen LogP contribution in [0, 0.1) is 0 Å². The zero-order valence-electron chi connectivity index (χ0n) is 9.98. The van der Waals surface area contributed by atoms with E-state index in [4.69, 9.17) is 0 Å². The summed E-state index contributed by atoms with van der Waals surface area (Å²) >= 11 is 0. The smallest absolute Gasteiger partial charge is 0.148 e. The first-order valence-corrected chi connectivity index (χ1v) is 6.28. The van der Waals surface area contributed by atoms with Gasteiger partial charge in [0, 0.05) is 32.6 Å². The summed E-state index contributed by atoms with van der Waals surface area (Å²) in [6.45, 7) is 5.29. The van der Waals surface area contributed by atoms with Crippen LogP contribution in [0.2, 0.25) is 0 Å². The van der Waals surface area contributed by atoms with E-state index in [0.29, 0.717) is 18.7 Å². The maximum atomic E-state index is 11.4. The summed E-state index contributed by atoms with van der Waals surface area (Å²) in [7, 11) is 0. The van der Waals surface area contributed by atoms with E-state index >= 15 is 0 Å². The van der Waals surface area contributed by atoms with Crippen molar-refractivity contribution in [3.63, 3.8) is 0 Å². The van der Waals surface area contributed by atoms with Gasteiger partial charge in [0.1, 0.15) is 5.78 Å². The molecule has 1 aliphatic heterocycles. The van der Waals surface area contributed by atoms with Crippen molar-refractivity contribution in [3.8, 4) is 0 Å². The molecule has 0 aliphatic carbocycles. The highest BCUT2D eigenvalue weighted by molar-refractivity contribution is 5.80. The molecular formula is C11H24N4O. The first-order valence-electron chi connectivity index (χ1n) is 6.28. The van der Waals surface area contributed by atoms with Crippen molar-refractivity contribution in [1.29, 1.82) is 0 Å². The Morgan fingerprint density at radius 2 is 1.50 bits per heavy atom. The lowest BCUT2D eigenvalue weighted by Gasteiger charge is -2.07. The van der Waals surface area contributed by atoms with Crippen LogP contribution in [-0.4, -0.2) is 45.1 Å². The molecule has 0 unspecified atom stereocenters. The Hall–Kier alpha value is -0.490. The average Bonchev–Trinajstić information content (AvgIpc) is 2.29. The molecule has 5 nitrogen and oxygen atoms in total. The molecule has 0 aromatic carbocycles. The number of carbonyl (C=O) groups excluding carboxylic acids is 1. The fourth-order valence-corrected chi connectivity index (χ4v) is 1.66. The van der Waals surface area contributed by atoms with Crippen LogP contribution < -0.4 is 21.5 Å². The Morgan fingerprint density at radius 1 is 0.750 bits per heavy atom. The first-order chi connectivity index (χ1) is 7.89. The highest BCUT2D eigenvalue weighted by atomic mass is 16.1. The van der Waals surface area contributed by atoms with Gasteiger partial charge in [0.2, 0.25) is 0 Å². The maximum absolute atomic E-state index is 11.4. The van der Waals surface area contributed by atoms with Crippen molar-refractivity contribution in [2.45, 2.75) is 25.7 Å². The minimum absolute atomic E-state index is 0.295. The molecule has 1 fully saturated rings. The Labute approximate surface area is 97.7 Å². The van der Waals surface area contributed by atoms with Crippen LogP contribution in [0.3, 0.4) is 0 Å². The molecule has 0 aromatic heterocycles. The van der Waals surface area contributed by atoms with E-state index in [9.17, 15) is 4.79 Å². The number of ketones is 1. The summed E-state index contributed by atoms with van der Waals surface area (Å²) in [5, 5.41) is 6.70. The Balaban J connectivity index is 2.13. The van der Waals surface area contributed by atoms with Crippen molar-refractivity contribution < 1.29 is 4.79 Å². The Morgan fingerprint density at radius 3 is 2.38 bits per heavy atom. The molecule has 0 radical (unpaired) electrons. The number of hydrazine groups is 1. The number of nitrogens with one attached hydrogen (secondary N) is 4. The largest absolute Gasteiger partial charge is 0.315 e. The summed E-state index contributed by atoms with van der Waals surface area (Å²) in [4.78, 5) is 11.4. The van der Waals surface area contributed by atoms with Gasteiger partial charge in [-0.15, -0.1) is 0 Å². The van der Waals surface area contributed by atoms with E-state index in [-0.39, 0.29) is 0 Å². The van der Waals surface area contributed by atoms with Crippen LogP contribution in [0.5, 0.6) is 0 Å². The van der Waals surface area contributed by atoms with Crippen molar-refractivity contribution in [2.24, 2.45) is 0 Å². The summed E-state index contributed by atoms with van der Waals surface area (Å²) in [5.41, 5.74) is 5.98. The zero-order valence-corrected chi connectivity index (χ0v) is 9.98. The standard InChI is InChI=1S/C11H24N4O/c16-11-4-2-1-3-5-12-6-7-13-8-9-14-15-10-11/h12-15H,1-10H2. The van der Waals surface area contributed by atoms with Crippen molar-refractivity contribution in [2.75, 3.05) is 39.3 Å². The second-order valence-electron chi connectivity index (χ2n) is 4.13. The van der Waals surface area contributed by atoms with Gasteiger partial charge >= 0.3 is 0 Å². The normalized spacial score (nSPS) is 23.4. The van der Waals surface area contributed by atoms with Crippen LogP contribution >= 0.6 is 0 Å². The highest BCUT2D eigenvalue weighted by Crippen LogP contribution is 1.99. The van der Waals surface area contributed by atoms with Crippen LogP contribution in [-0.2, 0) is 4.79 Å². The Bertz CT molecular complexity index is 169. The third-order valence-corrected chi connectivity index (χ3v) is 2.63. The zero-order chi connectivity index (χ0) is 11.5. The van der Waals surface area contributed by atoms with Crippen LogP contribution in [0.15, 0.2) is 0 Å². The molecule has 0 spiro atoms. The average molecular weight is 228 g/mol. The lowest BCUT2D eigenvalue weighted by molar-refractivity contribution is -0.118. The van der Waals surface area contributed by atoms with Crippen molar-refractivity contribution in [3.05, 3.63) is 0 Å². The molecular weight excluding hydrogens is 204 g/mol. The second-order valence-corrected chi connectivity index (χ2v) is 4.13. The SMILES string of the molecule is O=C1CCCCCNCCNCCNNC1. The summed E-state index contributed by atoms with van der Waals surface area (Å²) in [6, 6.07) is 0. The minimum atomic E-state index is 0.295. The van der Waals surface area contributed by atoms with Gasteiger partial charge in [-0.2, -0.15) is 0 Å². The lowest BCUT2D eigenvalue weighted by atomic mass is 10.1. The molecule has 4 N–H and O–H groups in total. The quantitative estimate of drug-likeness (QED) is 0.446. The van der Waals surface area contributed by atoms with Crippen LogP contribution in [0.25, 0.3) is 0 Å². The fourth-order valence-electron chi connectivity index (χ4n) is 1.66. The summed E-state index contributed by atoms with van der Waals surface area (Å²) < 4.78 is 0. The van der Waals surface area contributed by atoms with Crippen molar-refractivity contribution in [1.82, 2.24) is 21.5 Å². The van der Waals surface area contributed by atoms with Gasteiger partial charge in [0.15, 0.2) is 0 Å². The van der Waals surface area contributed by atoms with Crippen LogP contribution in [0.4, 0.5) is 0 Å². The Kier molecular flexibility index (Phi) is 8.24. The molecule has 0 aromatic rings. The number of hydrogen-bond donors (Lipinski definition) is 4. The molecule has 1 rings (SSSR count). The van der Waals surface area contributed by atoms with E-state index < -0.39 is 0 Å². The number of carbonyl (C=O) groups is 1. The molecule has 0 saturated carbocycles. The summed E-state index contributed by atoms with van der Waals surface area (Å²) in [6.07, 6.45) is 4.02. The maximum Gasteiger partial charge on any atom is 0.148 e. The van der Waals surface area contributed by atoms with E-state index in [1.807, 2.05) is 0 Å². The van der Waals surface area contributed by atoms with Gasteiger partial charge in [0.25, 0.3) is 0 Å². The highest BCUT2D eigenvalue weighted by Gasteiger charge is 2.01. The van der Waals surface area contributed by atoms with E-state index in [1.165, 1.54) is 6.42 Å². The van der Waals surface area contributed by atoms with Gasteiger partial charge < -0.3 is 10.6 Å². The molecule has 0 amide bonds. The molecule has 1 heterocycles. The third kappa shape index (κ3) is 7.76. The van der Waals surface area contributed by atoms with Gasteiger partial charge in [-0.25, -0.2) is 0 Å². The van der Waals surface area contributed by atoms with Crippen LogP contribution in [0.1, 0.15) is 25.7 Å². The predicted molar refractivity (Wildman–Crippen MR) is 65.2 cm³/mol. The predicted octanol–water partition coefficient (Wildman–Crippen LogP) is -0.597. The minimum Gasteiger partial charge on any atom is -0.315 e. The van der Waals surface area contributed by atoms with E-state index in [1.54, 1.807) is 0 Å². The van der Waals surface area contributed by atoms with E-state index in [0.717, 1.165) is 45.6 Å². The molecule has 5 heteroatoms. The van der Waals surface area contributed by atoms with Gasteiger partial charge in [0.05, 0.1) is 6.54 Å². The fraction of sp³-hybridized carbons (Fsp3) is 0.909. The van der Waals surface area contributed by atoms with E-state index in [2.05, 4.69) is 21.5 Å². The first kappa shape index (κ1) is 13.6. The lowest BCUT2D eigenvalue weighted by Crippen LogP contribution is -2.40. The number of hydrogen-bond acceptors (Lipinski definition) is 5. The molecule has 0 atom stereocenters. The molecule has 94 valence electrons. The van der Waals surface area contributed by atoms with Crippen molar-refractivity contribution >= 4 is 5.78 Å². The third-order valence-electron chi connectivity index (χ3n) is 2.63. The monoisotopic (exact) mass is 228 g/mol. The topological polar surface area (TPSA) is 65.2 Å². The number of rotatable bonds is 0. The molecule has 16 heavy (non-hydrogen) atoms. The van der Waals surface area contributed by atoms with Gasteiger partial charge in [-0.1, -0.05) is 6.42 Å². The molecule has 1 aliphatic rings. The summed E-state index contributed by atoms with van der Waals surface area (Å²) in [5.74, 6) is 0.295. The molecule has 1 saturated heterocycles. The molecule has 0 bridgehead atoms. The second kappa shape index (κ2) is 9.72. The number of Topliss-reactive ketones (excluding diaryl/α,β-unsaturated/α-hetero) is 1. The van der Waals surface area contributed by atoms with Gasteiger partial charge in [-0.05, 0) is 19.4 Å². The van der Waals surface area contributed by atoms with Gasteiger partial charge in [-0.3, -0.25) is 15.6 Å².